The molecule has 0 unspecified atom stereocenters. The van der Waals surface area contributed by atoms with E-state index < -0.39 is 0 Å². The summed E-state index contributed by atoms with van der Waals surface area (Å²) in [6, 6.07) is 9.05. The summed E-state index contributed by atoms with van der Waals surface area (Å²) < 4.78 is 0.740. The largest absolute Gasteiger partial charge is 0.323 e. The van der Waals surface area contributed by atoms with Crippen molar-refractivity contribution in [1.82, 2.24) is 4.98 Å². The van der Waals surface area contributed by atoms with E-state index in [2.05, 4.69) is 31.5 Å². The lowest BCUT2D eigenvalue weighted by Crippen LogP contribution is -2.19. The monoisotopic (exact) mass is 305 g/mol. The molecule has 0 radical (unpaired) electrons. The van der Waals surface area contributed by atoms with Gasteiger partial charge in [-0.25, -0.2) is 4.79 Å². The van der Waals surface area contributed by atoms with Crippen molar-refractivity contribution in [2.24, 2.45) is 0 Å². The van der Waals surface area contributed by atoms with Crippen molar-refractivity contribution in [2.75, 3.05) is 10.6 Å². The maximum atomic E-state index is 11.8. The van der Waals surface area contributed by atoms with Gasteiger partial charge in [-0.05, 0) is 46.6 Å². The number of hydrogen-bond acceptors (Lipinski definition) is 2. The summed E-state index contributed by atoms with van der Waals surface area (Å²) >= 11 is 3.32. The van der Waals surface area contributed by atoms with Gasteiger partial charge in [-0.3, -0.25) is 4.98 Å². The van der Waals surface area contributed by atoms with Crippen LogP contribution in [0.15, 0.2) is 47.2 Å². The number of carbonyl (C=O) groups excluding carboxylic acids is 1. The molecule has 1 heterocycles. The number of aryl methyl sites for hydroxylation is 1. The Hall–Kier alpha value is -1.88. The lowest BCUT2D eigenvalue weighted by atomic mass is 10.2. The van der Waals surface area contributed by atoms with Gasteiger partial charge < -0.3 is 10.6 Å². The van der Waals surface area contributed by atoms with E-state index in [1.54, 1.807) is 18.5 Å². The first kappa shape index (κ1) is 12.6. The Bertz CT molecular complexity index is 572. The van der Waals surface area contributed by atoms with Crippen molar-refractivity contribution >= 4 is 33.3 Å². The number of carbonyl (C=O) groups is 1. The summed E-state index contributed by atoms with van der Waals surface area (Å²) in [6.07, 6.45) is 3.25. The third-order valence-corrected chi connectivity index (χ3v) is 2.93. The number of hydrogen-bond donors (Lipinski definition) is 2. The SMILES string of the molecule is Cc1cccc(NC(=O)Nc2ccncc2Br)c1. The molecular formula is C13H12BrN3O. The van der Waals surface area contributed by atoms with Gasteiger partial charge in [0.2, 0.25) is 0 Å². The summed E-state index contributed by atoms with van der Waals surface area (Å²) in [4.78, 5) is 15.7. The van der Waals surface area contributed by atoms with Crippen molar-refractivity contribution in [3.8, 4) is 0 Å². The van der Waals surface area contributed by atoms with Gasteiger partial charge in [-0.15, -0.1) is 0 Å². The molecule has 0 spiro atoms. The van der Waals surface area contributed by atoms with Crippen LogP contribution in [-0.2, 0) is 0 Å². The van der Waals surface area contributed by atoms with Crippen molar-refractivity contribution in [1.29, 1.82) is 0 Å². The predicted molar refractivity (Wildman–Crippen MR) is 75.8 cm³/mol. The molecule has 2 aromatic rings. The zero-order chi connectivity index (χ0) is 13.0. The first-order valence-corrected chi connectivity index (χ1v) is 6.18. The number of pyridine rings is 1. The molecule has 0 saturated heterocycles. The Morgan fingerprint density at radius 1 is 1.28 bits per heavy atom. The smallest absolute Gasteiger partial charge is 0.308 e. The zero-order valence-electron chi connectivity index (χ0n) is 9.77. The van der Waals surface area contributed by atoms with E-state index in [4.69, 9.17) is 0 Å². The Kier molecular flexibility index (Phi) is 3.94. The molecule has 0 fully saturated rings. The van der Waals surface area contributed by atoms with Gasteiger partial charge in [0.15, 0.2) is 0 Å². The first-order valence-electron chi connectivity index (χ1n) is 5.39. The van der Waals surface area contributed by atoms with Crippen LogP contribution < -0.4 is 10.6 Å². The van der Waals surface area contributed by atoms with Crippen LogP contribution in [0.4, 0.5) is 16.2 Å². The molecule has 1 aromatic heterocycles. The van der Waals surface area contributed by atoms with E-state index in [9.17, 15) is 4.79 Å². The van der Waals surface area contributed by atoms with E-state index >= 15 is 0 Å². The molecule has 18 heavy (non-hydrogen) atoms. The van der Waals surface area contributed by atoms with Gasteiger partial charge in [0.05, 0.1) is 10.2 Å². The van der Waals surface area contributed by atoms with Crippen LogP contribution in [0, 0.1) is 6.92 Å². The van der Waals surface area contributed by atoms with Crippen LogP contribution in [0.2, 0.25) is 0 Å². The van der Waals surface area contributed by atoms with Crippen LogP contribution in [0.25, 0.3) is 0 Å². The molecule has 0 saturated carbocycles. The zero-order valence-corrected chi connectivity index (χ0v) is 11.4. The number of halogens is 1. The summed E-state index contributed by atoms with van der Waals surface area (Å²) in [5.74, 6) is 0. The van der Waals surface area contributed by atoms with Gasteiger partial charge in [-0.2, -0.15) is 0 Å². The fourth-order valence-corrected chi connectivity index (χ4v) is 1.83. The Labute approximate surface area is 114 Å². The third kappa shape index (κ3) is 3.30. The van der Waals surface area contributed by atoms with Crippen molar-refractivity contribution in [3.05, 3.63) is 52.8 Å². The minimum Gasteiger partial charge on any atom is -0.308 e. The number of nitrogens with one attached hydrogen (secondary N) is 2. The van der Waals surface area contributed by atoms with Crippen LogP contribution in [0.3, 0.4) is 0 Å². The van der Waals surface area contributed by atoms with Crippen LogP contribution in [-0.4, -0.2) is 11.0 Å². The Morgan fingerprint density at radius 2 is 2.11 bits per heavy atom. The van der Waals surface area contributed by atoms with E-state index in [0.717, 1.165) is 15.7 Å². The maximum Gasteiger partial charge on any atom is 0.323 e. The molecule has 4 nitrogen and oxygen atoms in total. The Balaban J connectivity index is 2.03. The van der Waals surface area contributed by atoms with Gasteiger partial charge in [-0.1, -0.05) is 12.1 Å². The molecule has 0 atom stereocenters. The number of aromatic nitrogens is 1. The molecule has 92 valence electrons. The molecule has 2 rings (SSSR count). The molecule has 1 aromatic carbocycles. The van der Waals surface area contributed by atoms with Gasteiger partial charge in [0.1, 0.15) is 0 Å². The standard InChI is InChI=1S/C13H12BrN3O/c1-9-3-2-4-10(7-9)16-13(18)17-12-5-6-15-8-11(12)14/h2-8H,1H3,(H2,15,16,17,18). The molecule has 0 aliphatic carbocycles. The highest BCUT2D eigenvalue weighted by atomic mass is 79.9. The fourth-order valence-electron chi connectivity index (χ4n) is 1.48. The number of rotatable bonds is 2. The molecular weight excluding hydrogens is 294 g/mol. The van der Waals surface area contributed by atoms with E-state index in [1.165, 1.54) is 0 Å². The number of benzene rings is 1. The quantitative estimate of drug-likeness (QED) is 0.886. The molecule has 2 amide bonds. The van der Waals surface area contributed by atoms with Crippen LogP contribution in [0.1, 0.15) is 5.56 Å². The second kappa shape index (κ2) is 5.64. The average Bonchev–Trinajstić information content (AvgIpc) is 2.32. The summed E-state index contributed by atoms with van der Waals surface area (Å²) in [5.41, 5.74) is 2.53. The normalized spacial score (nSPS) is 9.89. The van der Waals surface area contributed by atoms with Crippen LogP contribution >= 0.6 is 15.9 Å². The third-order valence-electron chi connectivity index (χ3n) is 2.30. The molecule has 0 aliphatic rings. The van der Waals surface area contributed by atoms with Gasteiger partial charge in [0, 0.05) is 18.1 Å². The van der Waals surface area contributed by atoms with E-state index in [-0.39, 0.29) is 6.03 Å². The predicted octanol–water partition coefficient (Wildman–Crippen LogP) is 3.80. The highest BCUT2D eigenvalue weighted by molar-refractivity contribution is 9.10. The summed E-state index contributed by atoms with van der Waals surface area (Å²) in [6.45, 7) is 1.97. The highest BCUT2D eigenvalue weighted by Crippen LogP contribution is 2.20. The number of amides is 2. The van der Waals surface area contributed by atoms with Gasteiger partial charge >= 0.3 is 6.03 Å². The first-order chi connectivity index (χ1) is 8.65. The average molecular weight is 306 g/mol. The van der Waals surface area contributed by atoms with E-state index in [0.29, 0.717) is 5.69 Å². The van der Waals surface area contributed by atoms with Gasteiger partial charge in [0.25, 0.3) is 0 Å². The van der Waals surface area contributed by atoms with Crippen molar-refractivity contribution in [3.63, 3.8) is 0 Å². The summed E-state index contributed by atoms with van der Waals surface area (Å²) in [7, 11) is 0. The topological polar surface area (TPSA) is 54.0 Å². The van der Waals surface area contributed by atoms with Crippen molar-refractivity contribution < 1.29 is 4.79 Å². The lowest BCUT2D eigenvalue weighted by molar-refractivity contribution is 0.262. The van der Waals surface area contributed by atoms with Crippen molar-refractivity contribution in [2.45, 2.75) is 6.92 Å². The molecule has 0 aliphatic heterocycles. The van der Waals surface area contributed by atoms with Crippen LogP contribution in [0.5, 0.6) is 0 Å². The minimum absolute atomic E-state index is 0.285. The maximum absolute atomic E-state index is 11.8. The summed E-state index contributed by atoms with van der Waals surface area (Å²) in [5, 5.41) is 5.51. The highest BCUT2D eigenvalue weighted by Gasteiger charge is 2.05. The second-order valence-electron chi connectivity index (χ2n) is 3.80. The lowest BCUT2D eigenvalue weighted by Gasteiger charge is -2.09. The second-order valence-corrected chi connectivity index (χ2v) is 4.66. The fraction of sp³-hybridized carbons (Fsp3) is 0.0769. The van der Waals surface area contributed by atoms with E-state index in [1.807, 2.05) is 31.2 Å². The minimum atomic E-state index is -0.285. The molecule has 2 N–H and O–H groups in total. The number of urea groups is 1. The molecule has 5 heteroatoms. The molecule has 0 bridgehead atoms. The number of anilines is 2. The number of nitrogens with zero attached hydrogens (tertiary/aromatic N) is 1. The Morgan fingerprint density at radius 3 is 2.83 bits per heavy atom.